The van der Waals surface area contributed by atoms with Crippen LogP contribution in [0.25, 0.3) is 10.8 Å². The van der Waals surface area contributed by atoms with E-state index in [0.29, 0.717) is 15.9 Å². The van der Waals surface area contributed by atoms with Crippen LogP contribution >= 0.6 is 11.3 Å². The maximum Gasteiger partial charge on any atom is 0.355 e. The number of aryl methyl sites for hydroxylation is 2. The number of benzene rings is 1. The molecule has 0 aliphatic heterocycles. The number of H-pyrrole nitrogens is 1. The number of pyridine rings is 1. The van der Waals surface area contributed by atoms with Crippen LogP contribution in [-0.2, 0) is 9.53 Å². The van der Waals surface area contributed by atoms with Gasteiger partial charge in [0.15, 0.2) is 11.2 Å². The summed E-state index contributed by atoms with van der Waals surface area (Å²) in [5.41, 5.74) is 0.443. The summed E-state index contributed by atoms with van der Waals surface area (Å²) in [4.78, 5) is 44.2. The summed E-state index contributed by atoms with van der Waals surface area (Å²) in [6, 6.07) is 8.42. The number of hydrogen-bond acceptors (Lipinski definition) is 6. The fraction of sp³-hybridized carbons (Fsp3) is 0.222. The van der Waals surface area contributed by atoms with E-state index in [9.17, 15) is 14.4 Å². The van der Waals surface area contributed by atoms with Gasteiger partial charge in [0.1, 0.15) is 5.69 Å². The van der Waals surface area contributed by atoms with Gasteiger partial charge in [-0.3, -0.25) is 14.9 Å². The fourth-order valence-electron chi connectivity index (χ4n) is 2.33. The molecule has 0 radical (unpaired) electrons. The topological polar surface area (TPSA) is 101 Å². The van der Waals surface area contributed by atoms with Crippen molar-refractivity contribution in [3.05, 3.63) is 57.0 Å². The number of aromatic amines is 1. The molecule has 1 amide bonds. The Morgan fingerprint density at radius 1 is 1.27 bits per heavy atom. The first-order valence-corrected chi connectivity index (χ1v) is 8.74. The molecule has 26 heavy (non-hydrogen) atoms. The molecule has 0 saturated heterocycles. The molecule has 0 bridgehead atoms. The molecule has 8 heteroatoms. The summed E-state index contributed by atoms with van der Waals surface area (Å²) in [5.74, 6) is -1.27. The molecule has 1 aromatic carbocycles. The zero-order valence-corrected chi connectivity index (χ0v) is 15.3. The highest BCUT2D eigenvalue weighted by atomic mass is 32.1. The van der Waals surface area contributed by atoms with E-state index in [4.69, 9.17) is 4.74 Å². The van der Waals surface area contributed by atoms with Crippen molar-refractivity contribution in [1.82, 2.24) is 9.97 Å². The molecule has 1 atom stereocenters. The van der Waals surface area contributed by atoms with Gasteiger partial charge in [-0.2, -0.15) is 0 Å². The van der Waals surface area contributed by atoms with Crippen LogP contribution in [0.2, 0.25) is 0 Å². The number of anilines is 1. The van der Waals surface area contributed by atoms with Crippen LogP contribution in [0.3, 0.4) is 0 Å². The number of amides is 1. The van der Waals surface area contributed by atoms with Crippen LogP contribution in [0.5, 0.6) is 0 Å². The van der Waals surface area contributed by atoms with Crippen molar-refractivity contribution in [2.75, 3.05) is 5.32 Å². The van der Waals surface area contributed by atoms with Gasteiger partial charge < -0.3 is 9.72 Å². The number of fused-ring (bicyclic) bond motifs is 1. The molecule has 7 nitrogen and oxygen atoms in total. The normalized spacial score (nSPS) is 12.0. The number of thiazole rings is 1. The zero-order valence-electron chi connectivity index (χ0n) is 14.5. The number of nitrogens with one attached hydrogen (secondary N) is 2. The SMILES string of the molecule is Cc1nc(NC(=O)C(C)OC(=O)c2cc3ccccc3c(=O)[nH]2)sc1C. The van der Waals surface area contributed by atoms with E-state index in [1.165, 1.54) is 24.3 Å². The number of esters is 1. The smallest absolute Gasteiger partial charge is 0.355 e. The van der Waals surface area contributed by atoms with Crippen molar-refractivity contribution < 1.29 is 14.3 Å². The Balaban J connectivity index is 1.72. The van der Waals surface area contributed by atoms with Crippen molar-refractivity contribution in [3.63, 3.8) is 0 Å². The molecule has 0 aliphatic rings. The fourth-order valence-corrected chi connectivity index (χ4v) is 3.15. The minimum atomic E-state index is -1.04. The van der Waals surface area contributed by atoms with Crippen LogP contribution in [0, 0.1) is 13.8 Å². The van der Waals surface area contributed by atoms with E-state index in [0.717, 1.165) is 10.6 Å². The van der Waals surface area contributed by atoms with Gasteiger partial charge in [-0.05, 0) is 38.3 Å². The van der Waals surface area contributed by atoms with Gasteiger partial charge in [0.25, 0.3) is 11.5 Å². The zero-order chi connectivity index (χ0) is 18.8. The molecule has 3 rings (SSSR count). The minimum absolute atomic E-state index is 0.00529. The van der Waals surface area contributed by atoms with Crippen molar-refractivity contribution in [3.8, 4) is 0 Å². The summed E-state index contributed by atoms with van der Waals surface area (Å²) < 4.78 is 5.17. The lowest BCUT2D eigenvalue weighted by Crippen LogP contribution is -2.30. The Morgan fingerprint density at radius 3 is 2.69 bits per heavy atom. The number of nitrogens with zero attached hydrogens (tertiary/aromatic N) is 1. The predicted molar refractivity (Wildman–Crippen MR) is 99.7 cm³/mol. The summed E-state index contributed by atoms with van der Waals surface area (Å²) in [5, 5.41) is 4.17. The first kappa shape index (κ1) is 17.8. The maximum atomic E-state index is 12.3. The molecule has 0 saturated carbocycles. The second-order valence-corrected chi connectivity index (χ2v) is 7.00. The molecule has 0 spiro atoms. The van der Waals surface area contributed by atoms with Crippen molar-refractivity contribution in [2.45, 2.75) is 26.9 Å². The van der Waals surface area contributed by atoms with Crippen LogP contribution in [0.4, 0.5) is 5.13 Å². The number of ether oxygens (including phenoxy) is 1. The van der Waals surface area contributed by atoms with E-state index < -0.39 is 18.0 Å². The predicted octanol–water partition coefficient (Wildman–Crippen LogP) is 2.79. The lowest BCUT2D eigenvalue weighted by molar-refractivity contribution is -0.123. The highest BCUT2D eigenvalue weighted by Crippen LogP contribution is 2.21. The number of aromatic nitrogens is 2. The highest BCUT2D eigenvalue weighted by Gasteiger charge is 2.21. The van der Waals surface area contributed by atoms with Crippen LogP contribution in [-0.4, -0.2) is 27.9 Å². The van der Waals surface area contributed by atoms with Gasteiger partial charge in [-0.15, -0.1) is 11.3 Å². The largest absolute Gasteiger partial charge is 0.448 e. The summed E-state index contributed by atoms with van der Waals surface area (Å²) in [6.45, 7) is 5.21. The second-order valence-electron chi connectivity index (χ2n) is 5.80. The molecule has 2 aromatic heterocycles. The van der Waals surface area contributed by atoms with Gasteiger partial charge in [0.2, 0.25) is 0 Å². The third-order valence-electron chi connectivity index (χ3n) is 3.89. The van der Waals surface area contributed by atoms with Gasteiger partial charge in [0, 0.05) is 10.3 Å². The van der Waals surface area contributed by atoms with E-state index in [-0.39, 0.29) is 11.3 Å². The maximum absolute atomic E-state index is 12.3. The van der Waals surface area contributed by atoms with Crippen LogP contribution in [0.1, 0.15) is 28.0 Å². The standard InChI is InChI=1S/C18H17N3O4S/c1-9-11(3)26-18(19-9)21-15(22)10(2)25-17(24)14-8-12-6-4-5-7-13(12)16(23)20-14/h4-8,10H,1-3H3,(H,20,23)(H,19,21,22). The lowest BCUT2D eigenvalue weighted by atomic mass is 10.1. The molecule has 2 heterocycles. The first-order chi connectivity index (χ1) is 12.3. The van der Waals surface area contributed by atoms with Gasteiger partial charge >= 0.3 is 5.97 Å². The quantitative estimate of drug-likeness (QED) is 0.687. The van der Waals surface area contributed by atoms with E-state index >= 15 is 0 Å². The van der Waals surface area contributed by atoms with Crippen molar-refractivity contribution >= 4 is 39.1 Å². The molecule has 2 N–H and O–H groups in total. The van der Waals surface area contributed by atoms with Crippen molar-refractivity contribution in [2.24, 2.45) is 0 Å². The molecule has 0 aliphatic carbocycles. The highest BCUT2D eigenvalue weighted by molar-refractivity contribution is 7.15. The Bertz CT molecular complexity index is 1030. The molecule has 0 fully saturated rings. The minimum Gasteiger partial charge on any atom is -0.448 e. The number of hydrogen-bond donors (Lipinski definition) is 2. The van der Waals surface area contributed by atoms with E-state index in [1.807, 2.05) is 13.8 Å². The van der Waals surface area contributed by atoms with E-state index in [1.54, 1.807) is 24.3 Å². The first-order valence-electron chi connectivity index (χ1n) is 7.93. The monoisotopic (exact) mass is 371 g/mol. The summed E-state index contributed by atoms with van der Waals surface area (Å²) in [7, 11) is 0. The average Bonchev–Trinajstić information content (AvgIpc) is 2.92. The Kier molecular flexibility index (Phi) is 4.85. The lowest BCUT2D eigenvalue weighted by Gasteiger charge is -2.12. The van der Waals surface area contributed by atoms with Gasteiger partial charge in [0.05, 0.1) is 5.69 Å². The van der Waals surface area contributed by atoms with E-state index in [2.05, 4.69) is 15.3 Å². The second kappa shape index (κ2) is 7.09. The Labute approximate surface area is 153 Å². The average molecular weight is 371 g/mol. The third-order valence-corrected chi connectivity index (χ3v) is 4.87. The molecular weight excluding hydrogens is 354 g/mol. The molecule has 3 aromatic rings. The van der Waals surface area contributed by atoms with Crippen LogP contribution in [0.15, 0.2) is 35.1 Å². The summed E-state index contributed by atoms with van der Waals surface area (Å²) >= 11 is 1.35. The number of rotatable bonds is 4. The van der Waals surface area contributed by atoms with Gasteiger partial charge in [-0.1, -0.05) is 18.2 Å². The number of carbonyl (C=O) groups is 2. The summed E-state index contributed by atoms with van der Waals surface area (Å²) in [6.07, 6.45) is -1.04. The van der Waals surface area contributed by atoms with Crippen LogP contribution < -0.4 is 10.9 Å². The Hall–Kier alpha value is -3.00. The third kappa shape index (κ3) is 3.65. The molecular formula is C18H17N3O4S. The Morgan fingerprint density at radius 2 is 2.00 bits per heavy atom. The molecule has 1 unspecified atom stereocenters. The van der Waals surface area contributed by atoms with Gasteiger partial charge in [-0.25, -0.2) is 9.78 Å². The molecule has 134 valence electrons. The van der Waals surface area contributed by atoms with Crippen molar-refractivity contribution in [1.29, 1.82) is 0 Å². The number of carbonyl (C=O) groups excluding carboxylic acids is 2.